The molecule has 0 aliphatic carbocycles. The van der Waals surface area contributed by atoms with E-state index >= 15 is 0 Å². The molecule has 1 aliphatic rings. The van der Waals surface area contributed by atoms with Crippen molar-refractivity contribution >= 4 is 5.91 Å². The standard InChI is InChI=1S/C10H17NO5/c1-3-9(14)11-5-8-6(12)4-7(13)10(15-2)16-8/h3,6-8,10,12-13H,1,4-5H2,2H3,(H,11,14)/t6-,7+,8?,10+/m0/s1. The minimum absolute atomic E-state index is 0.151. The summed E-state index contributed by atoms with van der Waals surface area (Å²) in [4.78, 5) is 10.9. The van der Waals surface area contributed by atoms with Crippen molar-refractivity contribution in [3.05, 3.63) is 12.7 Å². The summed E-state index contributed by atoms with van der Waals surface area (Å²) in [5.41, 5.74) is 0. The lowest BCUT2D eigenvalue weighted by atomic mass is 10.0. The molecule has 1 fully saturated rings. The van der Waals surface area contributed by atoms with Crippen LogP contribution in [-0.4, -0.2) is 54.4 Å². The smallest absolute Gasteiger partial charge is 0.243 e. The maximum absolute atomic E-state index is 10.9. The molecular formula is C10H17NO5. The lowest BCUT2D eigenvalue weighted by Gasteiger charge is -2.36. The molecule has 16 heavy (non-hydrogen) atoms. The van der Waals surface area contributed by atoms with Gasteiger partial charge in [-0.05, 0) is 6.08 Å². The van der Waals surface area contributed by atoms with Crippen molar-refractivity contribution in [3.8, 4) is 0 Å². The Morgan fingerprint density at radius 2 is 2.31 bits per heavy atom. The van der Waals surface area contributed by atoms with Gasteiger partial charge >= 0.3 is 0 Å². The van der Waals surface area contributed by atoms with Gasteiger partial charge in [-0.25, -0.2) is 0 Å². The van der Waals surface area contributed by atoms with Crippen LogP contribution in [0.1, 0.15) is 6.42 Å². The van der Waals surface area contributed by atoms with Gasteiger partial charge in [0, 0.05) is 20.1 Å². The van der Waals surface area contributed by atoms with E-state index in [-0.39, 0.29) is 18.9 Å². The number of amides is 1. The Hall–Kier alpha value is -0.950. The second kappa shape index (κ2) is 5.95. The van der Waals surface area contributed by atoms with Gasteiger partial charge in [-0.15, -0.1) is 0 Å². The maximum Gasteiger partial charge on any atom is 0.243 e. The van der Waals surface area contributed by atoms with Gasteiger partial charge < -0.3 is 25.0 Å². The van der Waals surface area contributed by atoms with E-state index in [9.17, 15) is 15.0 Å². The van der Waals surface area contributed by atoms with Gasteiger partial charge in [-0.1, -0.05) is 6.58 Å². The summed E-state index contributed by atoms with van der Waals surface area (Å²) in [6.07, 6.45) is -1.74. The van der Waals surface area contributed by atoms with E-state index in [2.05, 4.69) is 11.9 Å². The van der Waals surface area contributed by atoms with Crippen molar-refractivity contribution in [2.45, 2.75) is 31.0 Å². The molecule has 6 nitrogen and oxygen atoms in total. The predicted octanol–water partition coefficient (Wildman–Crippen LogP) is -1.23. The zero-order valence-corrected chi connectivity index (χ0v) is 9.13. The molecule has 4 atom stereocenters. The molecule has 1 heterocycles. The third-order valence-corrected chi connectivity index (χ3v) is 2.43. The molecule has 0 spiro atoms. The number of methoxy groups -OCH3 is 1. The van der Waals surface area contributed by atoms with Crippen molar-refractivity contribution < 1.29 is 24.5 Å². The van der Waals surface area contributed by atoms with E-state index in [1.807, 2.05) is 0 Å². The molecule has 1 amide bonds. The molecule has 1 rings (SSSR count). The molecule has 0 aromatic carbocycles. The van der Waals surface area contributed by atoms with Crippen LogP contribution in [0.5, 0.6) is 0 Å². The molecule has 0 bridgehead atoms. The van der Waals surface area contributed by atoms with Gasteiger partial charge in [0.05, 0.1) is 6.10 Å². The van der Waals surface area contributed by atoms with E-state index < -0.39 is 24.6 Å². The second-order valence-electron chi connectivity index (χ2n) is 3.60. The number of rotatable bonds is 4. The van der Waals surface area contributed by atoms with Crippen LogP contribution < -0.4 is 5.32 Å². The van der Waals surface area contributed by atoms with Crippen LogP contribution in [0.25, 0.3) is 0 Å². The molecule has 3 N–H and O–H groups in total. The van der Waals surface area contributed by atoms with Crippen molar-refractivity contribution in [1.29, 1.82) is 0 Å². The van der Waals surface area contributed by atoms with E-state index in [0.717, 1.165) is 6.08 Å². The van der Waals surface area contributed by atoms with Crippen LogP contribution in [-0.2, 0) is 14.3 Å². The SMILES string of the molecule is C=CC(=O)NCC1O[C@@H](OC)[C@H](O)C[C@@H]1O. The molecule has 0 aromatic heterocycles. The molecule has 1 aliphatic heterocycles. The number of hydrogen-bond acceptors (Lipinski definition) is 5. The Labute approximate surface area is 93.9 Å². The summed E-state index contributed by atoms with van der Waals surface area (Å²) in [5.74, 6) is -0.337. The first-order chi connectivity index (χ1) is 7.58. The van der Waals surface area contributed by atoms with E-state index in [4.69, 9.17) is 9.47 Å². The Morgan fingerprint density at radius 1 is 1.62 bits per heavy atom. The van der Waals surface area contributed by atoms with E-state index in [0.29, 0.717) is 0 Å². The van der Waals surface area contributed by atoms with E-state index in [1.54, 1.807) is 0 Å². The molecular weight excluding hydrogens is 214 g/mol. The number of aliphatic hydroxyl groups is 2. The third-order valence-electron chi connectivity index (χ3n) is 2.43. The summed E-state index contributed by atoms with van der Waals surface area (Å²) in [7, 11) is 1.41. The first-order valence-electron chi connectivity index (χ1n) is 5.03. The Balaban J connectivity index is 2.46. The van der Waals surface area contributed by atoms with Crippen molar-refractivity contribution in [2.75, 3.05) is 13.7 Å². The monoisotopic (exact) mass is 231 g/mol. The Morgan fingerprint density at radius 3 is 2.88 bits per heavy atom. The fourth-order valence-electron chi connectivity index (χ4n) is 1.53. The average Bonchev–Trinajstić information content (AvgIpc) is 2.27. The van der Waals surface area contributed by atoms with Gasteiger partial charge in [0.15, 0.2) is 6.29 Å². The van der Waals surface area contributed by atoms with E-state index in [1.165, 1.54) is 7.11 Å². The van der Waals surface area contributed by atoms with Gasteiger partial charge in [0.1, 0.15) is 12.2 Å². The number of carbonyl (C=O) groups excluding carboxylic acids is 1. The topological polar surface area (TPSA) is 88.0 Å². The fourth-order valence-corrected chi connectivity index (χ4v) is 1.53. The zero-order valence-electron chi connectivity index (χ0n) is 9.13. The minimum Gasteiger partial charge on any atom is -0.390 e. The average molecular weight is 231 g/mol. The summed E-state index contributed by atoms with van der Waals surface area (Å²) in [6.45, 7) is 3.46. The lowest BCUT2D eigenvalue weighted by Crippen LogP contribution is -2.52. The van der Waals surface area contributed by atoms with Gasteiger partial charge in [0.2, 0.25) is 5.91 Å². The first-order valence-corrected chi connectivity index (χ1v) is 5.03. The number of aliphatic hydroxyl groups excluding tert-OH is 2. The van der Waals surface area contributed by atoms with Crippen LogP contribution in [0.4, 0.5) is 0 Å². The predicted molar refractivity (Wildman–Crippen MR) is 55.5 cm³/mol. The van der Waals surface area contributed by atoms with Gasteiger partial charge in [-0.2, -0.15) is 0 Å². The Kier molecular flexibility index (Phi) is 4.88. The normalized spacial score (nSPS) is 34.4. The van der Waals surface area contributed by atoms with Crippen molar-refractivity contribution in [2.24, 2.45) is 0 Å². The van der Waals surface area contributed by atoms with Crippen molar-refractivity contribution in [3.63, 3.8) is 0 Å². The summed E-state index contributed by atoms with van der Waals surface area (Å²) in [5, 5.41) is 21.6. The zero-order chi connectivity index (χ0) is 12.1. The molecule has 0 saturated carbocycles. The fraction of sp³-hybridized carbons (Fsp3) is 0.700. The number of ether oxygens (including phenoxy) is 2. The number of nitrogens with one attached hydrogen (secondary N) is 1. The molecule has 6 heteroatoms. The molecule has 92 valence electrons. The summed E-state index contributed by atoms with van der Waals surface area (Å²) < 4.78 is 10.2. The van der Waals surface area contributed by atoms with Crippen LogP contribution in [0.3, 0.4) is 0 Å². The third kappa shape index (κ3) is 3.28. The lowest BCUT2D eigenvalue weighted by molar-refractivity contribution is -0.254. The first kappa shape index (κ1) is 13.1. The number of carbonyl (C=O) groups is 1. The van der Waals surface area contributed by atoms with Gasteiger partial charge in [-0.3, -0.25) is 4.79 Å². The highest BCUT2D eigenvalue weighted by Crippen LogP contribution is 2.20. The quantitative estimate of drug-likeness (QED) is 0.527. The Bertz CT molecular complexity index is 258. The van der Waals surface area contributed by atoms with Crippen LogP contribution in [0.15, 0.2) is 12.7 Å². The largest absolute Gasteiger partial charge is 0.390 e. The van der Waals surface area contributed by atoms with Crippen molar-refractivity contribution in [1.82, 2.24) is 5.32 Å². The summed E-state index contributed by atoms with van der Waals surface area (Å²) in [6, 6.07) is 0. The van der Waals surface area contributed by atoms with Gasteiger partial charge in [0.25, 0.3) is 0 Å². The second-order valence-corrected chi connectivity index (χ2v) is 3.60. The molecule has 1 unspecified atom stereocenters. The highest BCUT2D eigenvalue weighted by Gasteiger charge is 2.36. The summed E-state index contributed by atoms with van der Waals surface area (Å²) >= 11 is 0. The molecule has 0 aromatic rings. The molecule has 1 saturated heterocycles. The minimum atomic E-state index is -0.855. The highest BCUT2D eigenvalue weighted by molar-refractivity contribution is 5.86. The molecule has 0 radical (unpaired) electrons. The number of hydrogen-bond donors (Lipinski definition) is 3. The van der Waals surface area contributed by atoms with Crippen LogP contribution >= 0.6 is 0 Å². The highest BCUT2D eigenvalue weighted by atomic mass is 16.7. The van der Waals surface area contributed by atoms with Crippen LogP contribution in [0.2, 0.25) is 0 Å². The van der Waals surface area contributed by atoms with Crippen LogP contribution in [0, 0.1) is 0 Å². The maximum atomic E-state index is 10.9.